The molecule has 3 saturated heterocycles. The van der Waals surface area contributed by atoms with Crippen molar-refractivity contribution < 1.29 is 59.5 Å². The van der Waals surface area contributed by atoms with Gasteiger partial charge in [-0.3, -0.25) is 66.8 Å². The zero-order valence-corrected chi connectivity index (χ0v) is 73.7. The molecule has 2 aromatic heterocycles. The number of amides is 3. The van der Waals surface area contributed by atoms with Crippen LogP contribution in [0.5, 0.6) is 0 Å². The van der Waals surface area contributed by atoms with Crippen molar-refractivity contribution in [3.8, 4) is 22.3 Å². The van der Waals surface area contributed by atoms with Crippen LogP contribution in [0.25, 0.3) is 43.8 Å². The maximum atomic E-state index is 14.0. The van der Waals surface area contributed by atoms with Gasteiger partial charge in [0.2, 0.25) is 17.7 Å². The monoisotopic (exact) mass is 1750 g/mol. The van der Waals surface area contributed by atoms with E-state index < -0.39 is 72.5 Å². The van der Waals surface area contributed by atoms with Gasteiger partial charge < -0.3 is 46.6 Å². The molecule has 5 aromatic carbocycles. The first-order valence-electron chi connectivity index (χ1n) is 42.7. The highest BCUT2D eigenvalue weighted by atomic mass is 127. The third-order valence-electron chi connectivity index (χ3n) is 30.6. The fourth-order valence-corrected chi connectivity index (χ4v) is 23.4. The van der Waals surface area contributed by atoms with E-state index >= 15 is 0 Å². The molecule has 9 aliphatic carbocycles. The lowest BCUT2D eigenvalue weighted by molar-refractivity contribution is -0.183. The molecule has 3 aliphatic heterocycles. The number of nitrogens with one attached hydrogen (secondary N) is 3. The number of halogens is 1. The van der Waals surface area contributed by atoms with Crippen molar-refractivity contribution in [3.63, 3.8) is 0 Å². The van der Waals surface area contributed by atoms with Gasteiger partial charge in [0, 0.05) is 67.6 Å². The van der Waals surface area contributed by atoms with E-state index in [0.29, 0.717) is 97.6 Å². The Morgan fingerprint density at radius 1 is 0.412 bits per heavy atom. The molecule has 12 aliphatic rings. The SMILES string of the molecule is C[C@@H]1[C@@H](NC(=O)[C@@H]2[C@H]([C@H](C)O)[C@H](CO)ON2Cc2cccc(-c3ccc4c(=O)n(C)n(C)c(=O)c4c3)c2)C[C@H]2C[C@@H]1C2(C)C.C[C@@H]1[C@@H](NC(=O)[C@@H]2[C@H]([C@H](C)O)[C@H](CO)ON2Cc2cccc(-c3ccc4c(=O)n(C)n(C)c(=O)c4c3)c2)C[C@H]2C[C@@H]1C2(C)C.C[C@@H]1[C@@H](NC(=O)[C@@H]2[C@H]([C@H](C)O)[C@H](CO)ON2Cc2cccc(I)c2)C[C@H]2C[C@@H]1C2(C)C. The van der Waals surface area contributed by atoms with E-state index in [1.165, 1.54) is 38.0 Å². The van der Waals surface area contributed by atoms with Crippen LogP contribution in [0.4, 0.5) is 0 Å². The predicted octanol–water partition coefficient (Wildman–Crippen LogP) is 8.08. The van der Waals surface area contributed by atoms with E-state index in [1.807, 2.05) is 78.9 Å². The fourth-order valence-electron chi connectivity index (χ4n) is 22.7. The van der Waals surface area contributed by atoms with Crippen LogP contribution in [0.3, 0.4) is 0 Å². The highest BCUT2D eigenvalue weighted by Gasteiger charge is 2.61. The molecule has 26 nitrogen and oxygen atoms in total. The summed E-state index contributed by atoms with van der Waals surface area (Å²) in [5.74, 6) is 2.55. The summed E-state index contributed by atoms with van der Waals surface area (Å²) in [6, 6.07) is 32.1. The number of nitrogens with zero attached hydrogens (tertiary/aromatic N) is 7. The van der Waals surface area contributed by atoms with Crippen molar-refractivity contribution in [3.05, 3.63) is 171 Å². The molecule has 119 heavy (non-hydrogen) atoms. The predicted molar refractivity (Wildman–Crippen MR) is 462 cm³/mol. The topological polar surface area (TPSA) is 334 Å². The number of aromatic nitrogens is 4. The number of aliphatic hydroxyl groups is 6. The molecule has 9 N–H and O–H groups in total. The second-order valence-corrected chi connectivity index (χ2v) is 39.3. The standard InChI is InChI=1S/2C34H44N4O6.C24H35IN2O4/c2*1-18-26-14-23(34(26,3)4)15-27(18)35-31(41)30-29(19(2)40)28(17-39)44-38(30)16-20-8-7-9-21(12-20)22-10-11-24-25(13-22)33(43)37(6)36(5)32(24)42;1-13-18-9-16(24(18,3)4)10-19(13)26-23(30)22-21(14(2)29)20(12-28)31-27(22)11-15-6-5-7-17(25)8-15/h2*7-13,18-19,23,26-30,39-40H,14-17H2,1-6H3,(H,35,41);5-8,13-14,16,18-22,28-29H,9-12H2,1-4H3,(H,26,30)/t2*18-,19-,23+,26-,27-,28-,29+,30-;13-,14-,16+,18-,19-,20-,21+,22-/m000/s1. The van der Waals surface area contributed by atoms with Crippen molar-refractivity contribution in [1.82, 2.24) is 49.9 Å². The Balaban J connectivity index is 0.000000149. The number of carbonyl (C=O) groups excluding carboxylic acids is 3. The summed E-state index contributed by atoms with van der Waals surface area (Å²) in [6.07, 6.45) is 2.01. The van der Waals surface area contributed by atoms with Crippen LogP contribution < -0.4 is 38.2 Å². The third kappa shape index (κ3) is 16.3. The van der Waals surface area contributed by atoms with E-state index in [9.17, 15) is 64.2 Å². The summed E-state index contributed by atoms with van der Waals surface area (Å²) in [4.78, 5) is 111. The lowest BCUT2D eigenvalue weighted by Crippen LogP contribution is -2.62. The van der Waals surface area contributed by atoms with Crippen LogP contribution >= 0.6 is 22.6 Å². The third-order valence-corrected chi connectivity index (χ3v) is 31.3. The quantitative estimate of drug-likeness (QED) is 0.0326. The van der Waals surface area contributed by atoms with Gasteiger partial charge in [0.25, 0.3) is 22.2 Å². The summed E-state index contributed by atoms with van der Waals surface area (Å²) in [7, 11) is 6.27. The molecule has 0 spiro atoms. The Bertz CT molecular complexity index is 4960. The molecule has 0 radical (unpaired) electrons. The van der Waals surface area contributed by atoms with E-state index in [2.05, 4.69) is 107 Å². The van der Waals surface area contributed by atoms with E-state index in [4.69, 9.17) is 14.5 Å². The van der Waals surface area contributed by atoms with Crippen LogP contribution in [0.15, 0.2) is 128 Å². The first-order chi connectivity index (χ1) is 56.3. The summed E-state index contributed by atoms with van der Waals surface area (Å²) >= 11 is 2.27. The van der Waals surface area contributed by atoms with E-state index in [1.54, 1.807) is 88.4 Å². The van der Waals surface area contributed by atoms with Crippen LogP contribution in [0.2, 0.25) is 0 Å². The van der Waals surface area contributed by atoms with Gasteiger partial charge in [-0.25, -0.2) is 0 Å². The maximum Gasteiger partial charge on any atom is 0.273 e. The summed E-state index contributed by atoms with van der Waals surface area (Å²) < 4.78 is 6.31. The van der Waals surface area contributed by atoms with E-state index in [-0.39, 0.29) is 91.0 Å². The van der Waals surface area contributed by atoms with Crippen LogP contribution in [0, 0.1) is 90.8 Å². The summed E-state index contributed by atoms with van der Waals surface area (Å²) in [5.41, 5.74) is 5.94. The molecule has 6 bridgehead atoms. The Morgan fingerprint density at radius 3 is 0.958 bits per heavy atom. The maximum absolute atomic E-state index is 14.0. The summed E-state index contributed by atoms with van der Waals surface area (Å²) in [5, 5.41) is 78.4. The van der Waals surface area contributed by atoms with Crippen LogP contribution in [-0.2, 0) is 76.7 Å². The van der Waals surface area contributed by atoms with Gasteiger partial charge in [-0.2, -0.15) is 15.2 Å². The molecule has 19 rings (SSSR count). The van der Waals surface area contributed by atoms with Gasteiger partial charge in [0.1, 0.15) is 36.4 Å². The van der Waals surface area contributed by atoms with Gasteiger partial charge in [0.05, 0.1) is 79.3 Å². The van der Waals surface area contributed by atoms with Crippen molar-refractivity contribution in [2.45, 2.75) is 214 Å². The number of carbonyl (C=O) groups is 3. The second-order valence-electron chi connectivity index (χ2n) is 38.1. The minimum atomic E-state index is -0.872. The zero-order chi connectivity index (χ0) is 85.8. The van der Waals surface area contributed by atoms with E-state index in [0.717, 1.165) is 61.8 Å². The molecule has 0 unspecified atom stereocenters. The Morgan fingerprint density at radius 2 is 0.689 bits per heavy atom. The van der Waals surface area contributed by atoms with Gasteiger partial charge >= 0.3 is 0 Å². The lowest BCUT2D eigenvalue weighted by Gasteiger charge is -2.62. The average molecular weight is 1750 g/mol. The molecular weight excluding hydrogens is 1630 g/mol. The Labute approximate surface area is 709 Å². The lowest BCUT2D eigenvalue weighted by atomic mass is 9.45. The molecule has 644 valence electrons. The smallest absolute Gasteiger partial charge is 0.273 e. The zero-order valence-electron chi connectivity index (χ0n) is 71.5. The molecular formula is C92H123IN10O16. The Kier molecular flexibility index (Phi) is 25.4. The minimum absolute atomic E-state index is 0.0599. The van der Waals surface area contributed by atoms with Crippen molar-refractivity contribution >= 4 is 61.9 Å². The first-order valence-corrected chi connectivity index (χ1v) is 43.8. The number of hydrogen-bond donors (Lipinski definition) is 9. The fraction of sp³-hybridized carbons (Fsp3) is 0.598. The number of benzene rings is 5. The highest BCUT2D eigenvalue weighted by molar-refractivity contribution is 14.1. The number of rotatable bonds is 20. The Hall–Kier alpha value is -7.36. The highest BCUT2D eigenvalue weighted by Crippen LogP contribution is 2.63. The number of fused-ring (bicyclic) bond motifs is 8. The normalized spacial score (nSPS) is 32.2. The molecule has 7 aromatic rings. The summed E-state index contributed by atoms with van der Waals surface area (Å²) in [6.45, 7) is 25.7. The molecule has 24 atom stereocenters. The minimum Gasteiger partial charge on any atom is -0.394 e. The molecule has 27 heteroatoms. The number of hydrogen-bond acceptors (Lipinski definition) is 19. The number of aliphatic hydroxyl groups excluding tert-OH is 6. The number of hydroxylamine groups is 6. The van der Waals surface area contributed by atoms with Gasteiger partial charge in [0.15, 0.2) is 0 Å². The van der Waals surface area contributed by atoms with Crippen molar-refractivity contribution in [2.75, 3.05) is 19.8 Å². The second kappa shape index (κ2) is 34.4. The van der Waals surface area contributed by atoms with Gasteiger partial charge in [-0.05, 0) is 239 Å². The largest absolute Gasteiger partial charge is 0.394 e. The average Bonchev–Trinajstić information content (AvgIpc) is 1.05. The van der Waals surface area contributed by atoms with Gasteiger partial charge in [-0.1, -0.05) is 123 Å². The molecule has 3 amide bonds. The van der Waals surface area contributed by atoms with Gasteiger partial charge in [-0.15, -0.1) is 0 Å². The molecule has 9 saturated carbocycles. The first kappa shape index (κ1) is 88.0. The van der Waals surface area contributed by atoms with Crippen LogP contribution in [0.1, 0.15) is 138 Å². The molecule has 5 heterocycles. The van der Waals surface area contributed by atoms with Crippen LogP contribution in [-0.4, -0.2) is 175 Å². The molecule has 12 fully saturated rings. The van der Waals surface area contributed by atoms with Crippen molar-refractivity contribution in [2.24, 2.45) is 115 Å². The van der Waals surface area contributed by atoms with Crippen molar-refractivity contribution in [1.29, 1.82) is 0 Å².